The maximum Gasteiger partial charge on any atom is 0.120 e. The molecule has 0 saturated carbocycles. The molecular weight excluding hydrogens is 357 g/mol. The highest BCUT2D eigenvalue weighted by atomic mass is 19.1. The van der Waals surface area contributed by atoms with Crippen LogP contribution in [-0.4, -0.2) is 71.5 Å². The smallest absolute Gasteiger partial charge is 0.120 e. The summed E-state index contributed by atoms with van der Waals surface area (Å²) in [4.78, 5) is 3.80. The average molecular weight is 387 g/mol. The number of nitrogens with zero attached hydrogens (tertiary/aromatic N) is 2. The normalized spacial score (nSPS) is 10.4. The van der Waals surface area contributed by atoms with Gasteiger partial charge < -0.3 is 19.3 Å². The van der Waals surface area contributed by atoms with E-state index < -0.39 is 6.67 Å². The maximum atomic E-state index is 11.8. The molecule has 28 heavy (non-hydrogen) atoms. The molecule has 0 unspecified atom stereocenters. The Morgan fingerprint density at radius 3 is 2.32 bits per heavy atom. The molecule has 0 spiro atoms. The SMILES string of the molecule is C=C(C#Cc1ccc(N(C)C)cc1)/C=C\C(=N)N(C)CCOCCOCCF. The summed E-state index contributed by atoms with van der Waals surface area (Å²) in [5, 5.41) is 8.04. The van der Waals surface area contributed by atoms with Crippen molar-refractivity contribution in [3.05, 3.63) is 54.1 Å². The zero-order chi connectivity index (χ0) is 20.8. The fourth-order valence-corrected chi connectivity index (χ4v) is 2.04. The predicted octanol–water partition coefficient (Wildman–Crippen LogP) is 3.13. The first-order valence-electron chi connectivity index (χ1n) is 9.11. The lowest BCUT2D eigenvalue weighted by atomic mass is 10.2. The predicted molar refractivity (Wildman–Crippen MR) is 114 cm³/mol. The summed E-state index contributed by atoms with van der Waals surface area (Å²) in [5.74, 6) is 6.40. The Bertz CT molecular complexity index is 703. The van der Waals surface area contributed by atoms with Gasteiger partial charge in [-0.3, -0.25) is 5.41 Å². The van der Waals surface area contributed by atoms with Gasteiger partial charge in [-0.25, -0.2) is 4.39 Å². The third kappa shape index (κ3) is 9.91. The summed E-state index contributed by atoms with van der Waals surface area (Å²) in [6.45, 7) is 5.36. The summed E-state index contributed by atoms with van der Waals surface area (Å²) >= 11 is 0. The van der Waals surface area contributed by atoms with Gasteiger partial charge >= 0.3 is 0 Å². The van der Waals surface area contributed by atoms with Gasteiger partial charge in [-0.2, -0.15) is 0 Å². The first-order valence-corrected chi connectivity index (χ1v) is 9.11. The van der Waals surface area contributed by atoms with Gasteiger partial charge in [-0.05, 0) is 36.4 Å². The van der Waals surface area contributed by atoms with Crippen molar-refractivity contribution in [3.63, 3.8) is 0 Å². The number of amidine groups is 1. The summed E-state index contributed by atoms with van der Waals surface area (Å²) in [6.07, 6.45) is 3.39. The molecule has 1 aromatic rings. The Morgan fingerprint density at radius 2 is 1.71 bits per heavy atom. The highest BCUT2D eigenvalue weighted by Crippen LogP contribution is 2.11. The van der Waals surface area contributed by atoms with Gasteiger partial charge in [0.1, 0.15) is 12.5 Å². The average Bonchev–Trinajstić information content (AvgIpc) is 2.69. The number of hydrogen-bond donors (Lipinski definition) is 1. The largest absolute Gasteiger partial charge is 0.378 e. The number of nitrogens with one attached hydrogen (secondary N) is 1. The van der Waals surface area contributed by atoms with Crippen LogP contribution in [0.2, 0.25) is 0 Å². The zero-order valence-corrected chi connectivity index (χ0v) is 17.0. The van der Waals surface area contributed by atoms with Crippen LogP contribution in [0.3, 0.4) is 0 Å². The van der Waals surface area contributed by atoms with Crippen molar-refractivity contribution < 1.29 is 13.9 Å². The molecule has 0 atom stereocenters. The number of ether oxygens (including phenoxy) is 2. The van der Waals surface area contributed by atoms with Crippen LogP contribution >= 0.6 is 0 Å². The number of anilines is 1. The van der Waals surface area contributed by atoms with Gasteiger partial charge in [0.2, 0.25) is 0 Å². The lowest BCUT2D eigenvalue weighted by Crippen LogP contribution is -2.28. The molecule has 0 radical (unpaired) electrons. The van der Waals surface area contributed by atoms with Gasteiger partial charge in [-0.15, -0.1) is 0 Å². The molecule has 0 amide bonds. The fraction of sp³-hybridized carbons (Fsp3) is 0.409. The number of hydrogen-bond acceptors (Lipinski definition) is 4. The number of benzene rings is 1. The third-order valence-corrected chi connectivity index (χ3v) is 3.77. The number of likely N-dealkylation sites (N-methyl/N-ethyl adjacent to an activating group) is 1. The lowest BCUT2D eigenvalue weighted by molar-refractivity contribution is 0.0403. The maximum absolute atomic E-state index is 11.8. The van der Waals surface area contributed by atoms with E-state index in [1.54, 1.807) is 17.1 Å². The molecule has 0 aliphatic heterocycles. The van der Waals surface area contributed by atoms with E-state index in [2.05, 4.69) is 18.4 Å². The van der Waals surface area contributed by atoms with Crippen LogP contribution in [0.15, 0.2) is 48.6 Å². The van der Waals surface area contributed by atoms with Crippen molar-refractivity contribution in [1.29, 1.82) is 5.41 Å². The minimum absolute atomic E-state index is 0.104. The second-order valence-corrected chi connectivity index (χ2v) is 6.27. The monoisotopic (exact) mass is 387 g/mol. The first kappa shape index (κ1) is 23.4. The Morgan fingerprint density at radius 1 is 1.07 bits per heavy atom. The number of halogens is 1. The van der Waals surface area contributed by atoms with Crippen LogP contribution in [0.5, 0.6) is 0 Å². The van der Waals surface area contributed by atoms with Crippen molar-refractivity contribution in [2.45, 2.75) is 0 Å². The molecule has 0 bridgehead atoms. The van der Waals surface area contributed by atoms with E-state index in [0.29, 0.717) is 37.8 Å². The van der Waals surface area contributed by atoms with Crippen LogP contribution in [0.4, 0.5) is 10.1 Å². The quantitative estimate of drug-likeness (QED) is 0.208. The minimum atomic E-state index is -0.482. The van der Waals surface area contributed by atoms with E-state index in [9.17, 15) is 4.39 Å². The number of alkyl halides is 1. The summed E-state index contributed by atoms with van der Waals surface area (Å²) < 4.78 is 22.2. The Labute approximate surface area is 167 Å². The van der Waals surface area contributed by atoms with Gasteiger partial charge in [0.25, 0.3) is 0 Å². The Hall–Kier alpha value is -2.62. The highest BCUT2D eigenvalue weighted by molar-refractivity contribution is 5.90. The summed E-state index contributed by atoms with van der Waals surface area (Å²) in [6, 6.07) is 7.97. The van der Waals surface area contributed by atoms with Gasteiger partial charge in [0.05, 0.1) is 26.4 Å². The number of rotatable bonds is 11. The van der Waals surface area contributed by atoms with Crippen LogP contribution < -0.4 is 4.90 Å². The molecule has 1 N–H and O–H groups in total. The lowest BCUT2D eigenvalue weighted by Gasteiger charge is -2.17. The van der Waals surface area contributed by atoms with Crippen LogP contribution in [0.25, 0.3) is 0 Å². The second kappa shape index (κ2) is 13.5. The number of allylic oxidation sites excluding steroid dienone is 2. The molecule has 0 heterocycles. The zero-order valence-electron chi connectivity index (χ0n) is 17.0. The first-order chi connectivity index (χ1) is 13.4. The molecule has 1 aromatic carbocycles. The van der Waals surface area contributed by atoms with Crippen molar-refractivity contribution in [2.75, 3.05) is 65.7 Å². The van der Waals surface area contributed by atoms with Crippen molar-refractivity contribution >= 4 is 11.5 Å². The van der Waals surface area contributed by atoms with Crippen molar-refractivity contribution in [1.82, 2.24) is 4.90 Å². The second-order valence-electron chi connectivity index (χ2n) is 6.27. The molecule has 0 aromatic heterocycles. The van der Waals surface area contributed by atoms with E-state index >= 15 is 0 Å². The molecule has 152 valence electrons. The van der Waals surface area contributed by atoms with Crippen molar-refractivity contribution in [2.24, 2.45) is 0 Å². The molecule has 0 aliphatic rings. The standard InChI is InChI=1S/C22H30FN3O2/c1-19(5-7-20-8-10-21(11-9-20)25(2)3)6-12-22(24)26(4)14-16-28-18-17-27-15-13-23/h6,8-12,24H,1,13-18H2,2-4H3/b12-6-,24-22?. The summed E-state index contributed by atoms with van der Waals surface area (Å²) in [5.41, 5.74) is 2.67. The van der Waals surface area contributed by atoms with Gasteiger partial charge in [0.15, 0.2) is 0 Å². The van der Waals surface area contributed by atoms with Gasteiger partial charge in [0, 0.05) is 44.5 Å². The van der Waals surface area contributed by atoms with Crippen LogP contribution in [0, 0.1) is 17.3 Å². The Kier molecular flexibility index (Phi) is 11.3. The van der Waals surface area contributed by atoms with E-state index in [1.165, 1.54) is 0 Å². The van der Waals surface area contributed by atoms with Crippen LogP contribution in [0.1, 0.15) is 5.56 Å². The van der Waals surface area contributed by atoms with E-state index in [1.807, 2.05) is 50.3 Å². The van der Waals surface area contributed by atoms with E-state index in [0.717, 1.165) is 11.3 Å². The van der Waals surface area contributed by atoms with Gasteiger partial charge in [-0.1, -0.05) is 18.4 Å². The van der Waals surface area contributed by atoms with E-state index in [4.69, 9.17) is 14.9 Å². The molecular formula is C22H30FN3O2. The van der Waals surface area contributed by atoms with Crippen molar-refractivity contribution in [3.8, 4) is 11.8 Å². The fourth-order valence-electron chi connectivity index (χ4n) is 2.04. The minimum Gasteiger partial charge on any atom is -0.378 e. The molecule has 6 heteroatoms. The molecule has 0 aliphatic carbocycles. The molecule has 1 rings (SSSR count). The molecule has 0 fully saturated rings. The Balaban J connectivity index is 2.35. The van der Waals surface area contributed by atoms with E-state index in [-0.39, 0.29) is 6.61 Å². The highest BCUT2D eigenvalue weighted by Gasteiger charge is 2.01. The topological polar surface area (TPSA) is 48.8 Å². The third-order valence-electron chi connectivity index (χ3n) is 3.77. The molecule has 5 nitrogen and oxygen atoms in total. The molecule has 0 saturated heterocycles. The summed E-state index contributed by atoms with van der Waals surface area (Å²) in [7, 11) is 5.81. The van der Waals surface area contributed by atoms with Crippen LogP contribution in [-0.2, 0) is 9.47 Å².